The van der Waals surface area contributed by atoms with E-state index in [1.807, 2.05) is 6.92 Å². The van der Waals surface area contributed by atoms with Crippen LogP contribution in [-0.4, -0.2) is 35.7 Å². The van der Waals surface area contributed by atoms with Gasteiger partial charge >= 0.3 is 11.9 Å². The molecule has 114 valence electrons. The number of rotatable bonds is 2. The molecular weight excluding hydrogens is 276 g/mol. The van der Waals surface area contributed by atoms with Gasteiger partial charge in [-0.15, -0.1) is 0 Å². The molecule has 1 unspecified atom stereocenters. The van der Waals surface area contributed by atoms with Gasteiger partial charge in [-0.25, -0.2) is 4.79 Å². The summed E-state index contributed by atoms with van der Waals surface area (Å²) >= 11 is 0. The number of aldehydes is 1. The first-order valence-electron chi connectivity index (χ1n) is 7.16. The number of carbonyl (C=O) groups excluding carboxylic acids is 3. The molecule has 2 aliphatic heterocycles. The Balaban J connectivity index is 2.08. The number of fused-ring (bicyclic) bond motifs is 1. The van der Waals surface area contributed by atoms with E-state index in [4.69, 9.17) is 9.47 Å². The Morgan fingerprint density at radius 1 is 1.29 bits per heavy atom. The molecule has 3 aliphatic rings. The molecule has 21 heavy (non-hydrogen) atoms. The van der Waals surface area contributed by atoms with Gasteiger partial charge in [0.05, 0.1) is 11.5 Å². The number of carbonyl (C=O) groups is 3. The van der Waals surface area contributed by atoms with Gasteiger partial charge in [-0.05, 0) is 19.8 Å². The molecule has 0 radical (unpaired) electrons. The van der Waals surface area contributed by atoms with E-state index in [2.05, 4.69) is 0 Å². The van der Waals surface area contributed by atoms with Crippen LogP contribution in [-0.2, 0) is 23.9 Å². The van der Waals surface area contributed by atoms with Crippen molar-refractivity contribution in [2.45, 2.75) is 45.5 Å². The first-order valence-corrected chi connectivity index (χ1v) is 7.16. The van der Waals surface area contributed by atoms with Crippen LogP contribution in [0.2, 0.25) is 0 Å². The number of aliphatic hydroxyl groups is 1. The van der Waals surface area contributed by atoms with E-state index < -0.39 is 29.7 Å². The molecule has 6 nitrogen and oxygen atoms in total. The quantitative estimate of drug-likeness (QED) is 0.596. The maximum atomic E-state index is 12.2. The summed E-state index contributed by atoms with van der Waals surface area (Å²) in [5.41, 5.74) is -0.207. The Morgan fingerprint density at radius 3 is 2.57 bits per heavy atom. The minimum atomic E-state index is -1.30. The molecule has 0 bridgehead atoms. The van der Waals surface area contributed by atoms with Gasteiger partial charge in [0.1, 0.15) is 12.4 Å². The molecule has 6 heteroatoms. The molecule has 1 saturated heterocycles. The second kappa shape index (κ2) is 4.66. The first-order chi connectivity index (χ1) is 9.91. The lowest BCUT2D eigenvalue weighted by Crippen LogP contribution is -2.46. The monoisotopic (exact) mass is 294 g/mol. The fourth-order valence-corrected chi connectivity index (χ4v) is 3.94. The zero-order valence-corrected chi connectivity index (χ0v) is 12.0. The fourth-order valence-electron chi connectivity index (χ4n) is 3.94. The SMILES string of the molecule is CC1=C([C@@H]2OC(=O)[C@H]3CCC[C@@H](C=O)[C@@]32C)C(=O)OC1O. The van der Waals surface area contributed by atoms with Crippen molar-refractivity contribution in [3.8, 4) is 0 Å². The highest BCUT2D eigenvalue weighted by Crippen LogP contribution is 2.55. The van der Waals surface area contributed by atoms with Crippen molar-refractivity contribution in [2.75, 3.05) is 0 Å². The third-order valence-corrected chi connectivity index (χ3v) is 5.30. The zero-order chi connectivity index (χ0) is 15.4. The Bertz CT molecular complexity index is 550. The molecule has 0 aromatic rings. The van der Waals surface area contributed by atoms with E-state index in [0.29, 0.717) is 18.4 Å². The number of hydrogen-bond donors (Lipinski definition) is 1. The first kappa shape index (κ1) is 14.3. The lowest BCUT2D eigenvalue weighted by atomic mass is 9.59. The summed E-state index contributed by atoms with van der Waals surface area (Å²) in [7, 11) is 0. The Labute approximate surface area is 122 Å². The van der Waals surface area contributed by atoms with E-state index in [-0.39, 0.29) is 17.5 Å². The van der Waals surface area contributed by atoms with Crippen LogP contribution >= 0.6 is 0 Å². The summed E-state index contributed by atoms with van der Waals surface area (Å²) in [5.74, 6) is -1.78. The third-order valence-electron chi connectivity index (χ3n) is 5.30. The van der Waals surface area contributed by atoms with Crippen molar-refractivity contribution in [3.63, 3.8) is 0 Å². The minimum absolute atomic E-state index is 0.189. The number of hydrogen-bond acceptors (Lipinski definition) is 6. The van der Waals surface area contributed by atoms with Crippen LogP contribution in [0, 0.1) is 17.3 Å². The van der Waals surface area contributed by atoms with Gasteiger partial charge in [0.15, 0.2) is 0 Å². The third kappa shape index (κ3) is 1.78. The van der Waals surface area contributed by atoms with E-state index in [0.717, 1.165) is 12.7 Å². The summed E-state index contributed by atoms with van der Waals surface area (Å²) < 4.78 is 10.2. The van der Waals surface area contributed by atoms with Crippen LogP contribution in [0.15, 0.2) is 11.1 Å². The fraction of sp³-hybridized carbons (Fsp3) is 0.667. The molecule has 1 saturated carbocycles. The second-order valence-electron chi connectivity index (χ2n) is 6.26. The summed E-state index contributed by atoms with van der Waals surface area (Å²) in [6, 6.07) is 0. The van der Waals surface area contributed by atoms with Gasteiger partial charge in [0, 0.05) is 16.9 Å². The lowest BCUT2D eigenvalue weighted by molar-refractivity contribution is -0.153. The molecule has 5 atom stereocenters. The van der Waals surface area contributed by atoms with Gasteiger partial charge in [-0.1, -0.05) is 13.3 Å². The van der Waals surface area contributed by atoms with Crippen LogP contribution < -0.4 is 0 Å². The minimum Gasteiger partial charge on any atom is -0.456 e. The Kier molecular flexibility index (Phi) is 3.16. The van der Waals surface area contributed by atoms with Crippen LogP contribution in [0.4, 0.5) is 0 Å². The normalized spacial score (nSPS) is 42.6. The van der Waals surface area contributed by atoms with E-state index >= 15 is 0 Å². The molecule has 2 fully saturated rings. The van der Waals surface area contributed by atoms with E-state index in [1.54, 1.807) is 6.92 Å². The summed E-state index contributed by atoms with van der Waals surface area (Å²) in [6.45, 7) is 3.40. The van der Waals surface area contributed by atoms with Gasteiger partial charge in [0.2, 0.25) is 6.29 Å². The summed E-state index contributed by atoms with van der Waals surface area (Å²) in [4.78, 5) is 35.6. The predicted octanol–water partition coefficient (Wildman–Crippen LogP) is 0.725. The van der Waals surface area contributed by atoms with Crippen LogP contribution in [0.25, 0.3) is 0 Å². The lowest BCUT2D eigenvalue weighted by Gasteiger charge is -2.41. The number of aliphatic hydroxyl groups excluding tert-OH is 1. The van der Waals surface area contributed by atoms with Crippen molar-refractivity contribution in [2.24, 2.45) is 17.3 Å². The van der Waals surface area contributed by atoms with Crippen molar-refractivity contribution in [1.82, 2.24) is 0 Å². The number of esters is 2. The largest absolute Gasteiger partial charge is 0.456 e. The molecule has 3 rings (SSSR count). The summed E-state index contributed by atoms with van der Waals surface area (Å²) in [6.07, 6.45) is 0.847. The molecule has 0 aromatic carbocycles. The van der Waals surface area contributed by atoms with Crippen LogP contribution in [0.3, 0.4) is 0 Å². The molecule has 0 aromatic heterocycles. The Hall–Kier alpha value is -1.69. The number of ether oxygens (including phenoxy) is 2. The average Bonchev–Trinajstić information content (AvgIpc) is 2.84. The number of cyclic esters (lactones) is 2. The maximum Gasteiger partial charge on any atom is 0.340 e. The standard InChI is InChI=1S/C15H18O6/c1-7-10(14(19)21-12(7)17)11-15(2)8(6-16)4-3-5-9(15)13(18)20-11/h6,8-9,11-12,17H,3-5H2,1-2H3/t8-,9+,11-,12?,15-/m0/s1. The van der Waals surface area contributed by atoms with Crippen molar-refractivity contribution < 1.29 is 29.0 Å². The van der Waals surface area contributed by atoms with Gasteiger partial charge in [-0.3, -0.25) is 4.79 Å². The van der Waals surface area contributed by atoms with Gasteiger partial charge in [-0.2, -0.15) is 0 Å². The average molecular weight is 294 g/mol. The van der Waals surface area contributed by atoms with Crippen LogP contribution in [0.1, 0.15) is 33.1 Å². The highest BCUT2D eigenvalue weighted by Gasteiger charge is 2.62. The van der Waals surface area contributed by atoms with E-state index in [9.17, 15) is 19.5 Å². The molecule has 0 amide bonds. The molecule has 1 aliphatic carbocycles. The van der Waals surface area contributed by atoms with Crippen molar-refractivity contribution in [3.05, 3.63) is 11.1 Å². The van der Waals surface area contributed by atoms with Gasteiger partial charge in [0.25, 0.3) is 0 Å². The van der Waals surface area contributed by atoms with Crippen molar-refractivity contribution >= 4 is 18.2 Å². The van der Waals surface area contributed by atoms with Gasteiger partial charge < -0.3 is 19.4 Å². The highest BCUT2D eigenvalue weighted by atomic mass is 16.6. The molecule has 1 N–H and O–H groups in total. The van der Waals surface area contributed by atoms with E-state index in [1.165, 1.54) is 0 Å². The summed E-state index contributed by atoms with van der Waals surface area (Å²) in [5, 5.41) is 9.66. The smallest absolute Gasteiger partial charge is 0.340 e. The molecule has 0 spiro atoms. The molecular formula is C15H18O6. The second-order valence-corrected chi connectivity index (χ2v) is 6.26. The Morgan fingerprint density at radius 2 is 2.00 bits per heavy atom. The topological polar surface area (TPSA) is 89.9 Å². The van der Waals surface area contributed by atoms with Crippen molar-refractivity contribution in [1.29, 1.82) is 0 Å². The molecule has 2 heterocycles. The van der Waals surface area contributed by atoms with Crippen LogP contribution in [0.5, 0.6) is 0 Å². The highest BCUT2D eigenvalue weighted by molar-refractivity contribution is 5.95. The zero-order valence-electron chi connectivity index (χ0n) is 12.0. The maximum absolute atomic E-state index is 12.2. The predicted molar refractivity (Wildman–Crippen MR) is 69.7 cm³/mol.